The molecular formula is C22H18N4O. The molecule has 4 aromatic rings. The van der Waals surface area contributed by atoms with Crippen molar-refractivity contribution in [3.05, 3.63) is 71.7 Å². The maximum atomic E-state index is 5.96. The molecule has 0 aliphatic heterocycles. The van der Waals surface area contributed by atoms with E-state index in [9.17, 15) is 0 Å². The smallest absolute Gasteiger partial charge is 0.149 e. The Morgan fingerprint density at radius 3 is 2.81 bits per heavy atom. The highest BCUT2D eigenvalue weighted by molar-refractivity contribution is 5.88. The number of aryl methyl sites for hydroxylation is 1. The minimum absolute atomic E-state index is 0.00391. The Morgan fingerprint density at radius 2 is 2.00 bits per heavy atom. The summed E-state index contributed by atoms with van der Waals surface area (Å²) in [6.45, 7) is 3.88. The van der Waals surface area contributed by atoms with Crippen molar-refractivity contribution < 1.29 is 4.52 Å². The Labute approximate surface area is 157 Å². The first-order valence-electron chi connectivity index (χ1n) is 8.66. The Hall–Kier alpha value is -3.65. The van der Waals surface area contributed by atoms with E-state index in [2.05, 4.69) is 27.0 Å². The van der Waals surface area contributed by atoms with Gasteiger partial charge in [-0.1, -0.05) is 35.2 Å². The summed E-state index contributed by atoms with van der Waals surface area (Å²) in [4.78, 5) is 8.79. The van der Waals surface area contributed by atoms with Crippen LogP contribution in [0.25, 0.3) is 22.2 Å². The lowest BCUT2D eigenvalue weighted by Gasteiger charge is -2.05. The summed E-state index contributed by atoms with van der Waals surface area (Å²) in [6.07, 6.45) is 1.69. The number of benzene rings is 1. The molecule has 27 heavy (non-hydrogen) atoms. The number of pyridine rings is 2. The van der Waals surface area contributed by atoms with Gasteiger partial charge in [0.25, 0.3) is 0 Å². The van der Waals surface area contributed by atoms with Crippen LogP contribution in [0.5, 0.6) is 0 Å². The first kappa shape index (κ1) is 16.8. The predicted octanol–water partition coefficient (Wildman–Crippen LogP) is 4.33. The molecule has 1 aromatic carbocycles. The number of rotatable bonds is 2. The van der Waals surface area contributed by atoms with E-state index in [-0.39, 0.29) is 5.92 Å². The number of anilines is 1. The highest BCUT2D eigenvalue weighted by Crippen LogP contribution is 2.24. The van der Waals surface area contributed by atoms with Gasteiger partial charge < -0.3 is 10.3 Å². The fraction of sp³-hybridized carbons (Fsp3) is 0.136. The Bertz CT molecular complexity index is 1180. The minimum Gasteiger partial charge on any atom is -0.382 e. The van der Waals surface area contributed by atoms with Gasteiger partial charge in [-0.2, -0.15) is 0 Å². The van der Waals surface area contributed by atoms with Crippen LogP contribution in [-0.2, 0) is 0 Å². The quantitative estimate of drug-likeness (QED) is 0.542. The third-order valence-electron chi connectivity index (χ3n) is 4.32. The highest BCUT2D eigenvalue weighted by Gasteiger charge is 2.08. The molecule has 4 rings (SSSR count). The fourth-order valence-electron chi connectivity index (χ4n) is 2.84. The summed E-state index contributed by atoms with van der Waals surface area (Å²) >= 11 is 0. The lowest BCUT2D eigenvalue weighted by Crippen LogP contribution is -1.94. The molecule has 3 heterocycles. The number of nitrogen functional groups attached to an aromatic ring is 1. The Morgan fingerprint density at radius 1 is 1.11 bits per heavy atom. The van der Waals surface area contributed by atoms with E-state index in [1.165, 1.54) is 0 Å². The number of nitrogens with two attached hydrogens (primary N) is 1. The Balaban J connectivity index is 1.65. The molecule has 0 saturated heterocycles. The van der Waals surface area contributed by atoms with Gasteiger partial charge in [-0.25, -0.2) is 9.97 Å². The van der Waals surface area contributed by atoms with Crippen LogP contribution in [0.3, 0.4) is 0 Å². The molecule has 0 radical (unpaired) electrons. The maximum absolute atomic E-state index is 5.96. The van der Waals surface area contributed by atoms with Crippen molar-refractivity contribution in [1.82, 2.24) is 15.1 Å². The van der Waals surface area contributed by atoms with Gasteiger partial charge in [-0.15, -0.1) is 0 Å². The van der Waals surface area contributed by atoms with Crippen molar-refractivity contribution in [2.75, 3.05) is 5.73 Å². The molecule has 0 aliphatic carbocycles. The summed E-state index contributed by atoms with van der Waals surface area (Å²) in [5.74, 6) is 7.65. The summed E-state index contributed by atoms with van der Waals surface area (Å²) in [7, 11) is 0. The zero-order valence-electron chi connectivity index (χ0n) is 15.1. The molecule has 1 atom stereocenters. The van der Waals surface area contributed by atoms with Crippen molar-refractivity contribution in [2.24, 2.45) is 0 Å². The number of hydrogen-bond acceptors (Lipinski definition) is 5. The molecule has 0 aliphatic rings. The van der Waals surface area contributed by atoms with E-state index in [4.69, 9.17) is 10.3 Å². The van der Waals surface area contributed by atoms with Crippen LogP contribution < -0.4 is 5.73 Å². The molecule has 0 saturated carbocycles. The van der Waals surface area contributed by atoms with E-state index in [0.29, 0.717) is 11.3 Å². The van der Waals surface area contributed by atoms with E-state index in [1.54, 1.807) is 6.20 Å². The second-order valence-electron chi connectivity index (χ2n) is 6.40. The maximum Gasteiger partial charge on any atom is 0.149 e. The van der Waals surface area contributed by atoms with Crippen LogP contribution in [0.15, 0.2) is 59.3 Å². The van der Waals surface area contributed by atoms with Gasteiger partial charge in [0, 0.05) is 28.8 Å². The topological polar surface area (TPSA) is 77.8 Å². The summed E-state index contributed by atoms with van der Waals surface area (Å²) in [5, 5.41) is 5.00. The summed E-state index contributed by atoms with van der Waals surface area (Å²) in [5.41, 5.74) is 10.3. The fourth-order valence-corrected chi connectivity index (χ4v) is 2.84. The molecule has 5 heteroatoms. The zero-order chi connectivity index (χ0) is 18.8. The van der Waals surface area contributed by atoms with Crippen LogP contribution in [0, 0.1) is 18.8 Å². The second kappa shape index (κ2) is 6.93. The highest BCUT2D eigenvalue weighted by atomic mass is 16.5. The van der Waals surface area contributed by atoms with Crippen LogP contribution in [0.2, 0.25) is 0 Å². The van der Waals surface area contributed by atoms with Crippen molar-refractivity contribution in [3.63, 3.8) is 0 Å². The van der Waals surface area contributed by atoms with Crippen molar-refractivity contribution in [3.8, 4) is 23.1 Å². The van der Waals surface area contributed by atoms with Crippen molar-refractivity contribution in [2.45, 2.75) is 19.8 Å². The van der Waals surface area contributed by atoms with Crippen molar-refractivity contribution >= 4 is 16.7 Å². The van der Waals surface area contributed by atoms with Gasteiger partial charge >= 0.3 is 0 Å². The molecule has 132 valence electrons. The molecule has 3 aromatic heterocycles. The molecule has 0 unspecified atom stereocenters. The standard InChI is InChI=1S/C22H18N4O/c1-14(20-12-15(2)27-26-20)6-7-16-4-3-5-18(13-16)19-9-8-17-10-11-24-22(23)21(17)25-19/h3-5,8-14H,1-2H3,(H2,23,24)/t14-/m0/s1. The molecular weight excluding hydrogens is 336 g/mol. The predicted molar refractivity (Wildman–Crippen MR) is 106 cm³/mol. The number of nitrogens with zero attached hydrogens (tertiary/aromatic N) is 3. The largest absolute Gasteiger partial charge is 0.382 e. The minimum atomic E-state index is -0.00391. The molecule has 0 bridgehead atoms. The van der Waals surface area contributed by atoms with Crippen LogP contribution in [0.1, 0.15) is 29.9 Å². The second-order valence-corrected chi connectivity index (χ2v) is 6.40. The van der Waals surface area contributed by atoms with Crippen LogP contribution in [-0.4, -0.2) is 15.1 Å². The number of aromatic nitrogens is 3. The molecule has 0 spiro atoms. The monoisotopic (exact) mass is 354 g/mol. The van der Waals surface area contributed by atoms with Gasteiger partial charge in [-0.3, -0.25) is 0 Å². The third-order valence-corrected chi connectivity index (χ3v) is 4.32. The normalized spacial score (nSPS) is 11.8. The van der Waals surface area contributed by atoms with E-state index >= 15 is 0 Å². The van der Waals surface area contributed by atoms with E-state index < -0.39 is 0 Å². The first-order valence-corrected chi connectivity index (χ1v) is 8.66. The molecule has 0 amide bonds. The van der Waals surface area contributed by atoms with Crippen LogP contribution >= 0.6 is 0 Å². The average Bonchev–Trinajstić information content (AvgIpc) is 3.13. The van der Waals surface area contributed by atoms with Gasteiger partial charge in [0.1, 0.15) is 17.1 Å². The van der Waals surface area contributed by atoms with Crippen molar-refractivity contribution in [1.29, 1.82) is 0 Å². The lowest BCUT2D eigenvalue weighted by atomic mass is 10.0. The van der Waals surface area contributed by atoms with Gasteiger partial charge in [-0.05, 0) is 38.1 Å². The molecule has 2 N–H and O–H groups in total. The van der Waals surface area contributed by atoms with Gasteiger partial charge in [0.15, 0.2) is 0 Å². The third kappa shape index (κ3) is 3.51. The van der Waals surface area contributed by atoms with E-state index in [0.717, 1.165) is 33.7 Å². The number of hydrogen-bond donors (Lipinski definition) is 1. The van der Waals surface area contributed by atoms with E-state index in [1.807, 2.05) is 62.4 Å². The lowest BCUT2D eigenvalue weighted by molar-refractivity contribution is 0.389. The zero-order valence-corrected chi connectivity index (χ0v) is 15.1. The average molecular weight is 354 g/mol. The molecule has 5 nitrogen and oxygen atoms in total. The van der Waals surface area contributed by atoms with Gasteiger partial charge in [0.2, 0.25) is 0 Å². The van der Waals surface area contributed by atoms with Crippen LogP contribution in [0.4, 0.5) is 5.82 Å². The number of fused-ring (bicyclic) bond motifs is 1. The Kier molecular flexibility index (Phi) is 4.31. The molecule has 0 fully saturated rings. The summed E-state index contributed by atoms with van der Waals surface area (Å²) < 4.78 is 5.12. The SMILES string of the molecule is Cc1cc([C@@H](C)C#Cc2cccc(-c3ccc4ccnc(N)c4n3)c2)no1. The van der Waals surface area contributed by atoms with Gasteiger partial charge in [0.05, 0.1) is 17.3 Å². The first-order chi connectivity index (χ1) is 13.1. The summed E-state index contributed by atoms with van der Waals surface area (Å²) in [6, 6.07) is 15.8.